The third-order valence-electron chi connectivity index (χ3n) is 4.68. The van der Waals surface area contributed by atoms with Crippen molar-refractivity contribution in [3.8, 4) is 0 Å². The van der Waals surface area contributed by atoms with Crippen molar-refractivity contribution in [2.75, 3.05) is 26.2 Å². The van der Waals surface area contributed by atoms with E-state index in [1.54, 1.807) is 4.90 Å². The Morgan fingerprint density at radius 3 is 2.45 bits per heavy atom. The molecule has 0 spiro atoms. The van der Waals surface area contributed by atoms with Crippen molar-refractivity contribution in [2.45, 2.75) is 39.5 Å². The van der Waals surface area contributed by atoms with E-state index in [4.69, 9.17) is 5.11 Å². The van der Waals surface area contributed by atoms with E-state index in [1.807, 2.05) is 4.90 Å². The number of hydrogen-bond acceptors (Lipinski definition) is 2. The summed E-state index contributed by atoms with van der Waals surface area (Å²) in [5.74, 6) is 0.793. The van der Waals surface area contributed by atoms with Gasteiger partial charge in [-0.25, -0.2) is 4.79 Å². The summed E-state index contributed by atoms with van der Waals surface area (Å²) in [6.07, 6.45) is 3.57. The van der Waals surface area contributed by atoms with Crippen LogP contribution in [-0.2, 0) is 4.79 Å². The zero-order chi connectivity index (χ0) is 14.7. The predicted molar refractivity (Wildman–Crippen MR) is 76.5 cm³/mol. The highest BCUT2D eigenvalue weighted by atomic mass is 16.4. The summed E-state index contributed by atoms with van der Waals surface area (Å²) in [4.78, 5) is 26.7. The van der Waals surface area contributed by atoms with Crippen molar-refractivity contribution in [1.82, 2.24) is 9.80 Å². The van der Waals surface area contributed by atoms with Gasteiger partial charge < -0.3 is 14.9 Å². The van der Waals surface area contributed by atoms with Crippen LogP contribution in [0.25, 0.3) is 0 Å². The smallest absolute Gasteiger partial charge is 0.320 e. The molecule has 1 N–H and O–H groups in total. The van der Waals surface area contributed by atoms with Gasteiger partial charge >= 0.3 is 12.0 Å². The average molecular weight is 282 g/mol. The molecule has 2 aliphatic rings. The van der Waals surface area contributed by atoms with E-state index in [2.05, 4.69) is 13.8 Å². The van der Waals surface area contributed by atoms with E-state index < -0.39 is 5.97 Å². The van der Waals surface area contributed by atoms with Crippen LogP contribution in [-0.4, -0.2) is 53.1 Å². The van der Waals surface area contributed by atoms with E-state index in [-0.39, 0.29) is 18.4 Å². The van der Waals surface area contributed by atoms with Gasteiger partial charge in [-0.1, -0.05) is 13.8 Å². The number of nitrogens with zero attached hydrogens (tertiary/aromatic N) is 2. The number of aliphatic carboxylic acids is 1. The van der Waals surface area contributed by atoms with Crippen LogP contribution in [0.4, 0.5) is 4.79 Å². The first-order valence-electron chi connectivity index (χ1n) is 7.73. The second-order valence-corrected chi connectivity index (χ2v) is 6.57. The Morgan fingerprint density at radius 1 is 1.15 bits per heavy atom. The van der Waals surface area contributed by atoms with Crippen LogP contribution >= 0.6 is 0 Å². The van der Waals surface area contributed by atoms with E-state index in [0.29, 0.717) is 19.0 Å². The number of amides is 2. The first-order chi connectivity index (χ1) is 9.47. The summed E-state index contributed by atoms with van der Waals surface area (Å²) < 4.78 is 0. The van der Waals surface area contributed by atoms with Gasteiger partial charge in [0.05, 0.1) is 6.42 Å². The third-order valence-corrected chi connectivity index (χ3v) is 4.68. The summed E-state index contributed by atoms with van der Waals surface area (Å²) in [6, 6.07) is 0.107. The lowest BCUT2D eigenvalue weighted by atomic mass is 9.89. The normalized spacial score (nSPS) is 24.4. The Kier molecular flexibility index (Phi) is 4.89. The van der Waals surface area contributed by atoms with Crippen molar-refractivity contribution in [3.63, 3.8) is 0 Å². The zero-order valence-electron chi connectivity index (χ0n) is 12.5. The Morgan fingerprint density at radius 2 is 1.85 bits per heavy atom. The van der Waals surface area contributed by atoms with E-state index >= 15 is 0 Å². The van der Waals surface area contributed by atoms with Crippen LogP contribution in [0.5, 0.6) is 0 Å². The van der Waals surface area contributed by atoms with Crippen molar-refractivity contribution in [3.05, 3.63) is 0 Å². The lowest BCUT2D eigenvalue weighted by Gasteiger charge is -2.41. The molecule has 2 heterocycles. The first kappa shape index (κ1) is 15.1. The maximum atomic E-state index is 12.3. The SMILES string of the molecule is CC(C)C1CCCN(C(=O)N2CC(CC(=O)O)C2)CC1. The number of rotatable bonds is 3. The van der Waals surface area contributed by atoms with Gasteiger partial charge in [0.25, 0.3) is 0 Å². The number of carboxylic acid groups (broad SMARTS) is 1. The molecule has 114 valence electrons. The molecule has 20 heavy (non-hydrogen) atoms. The molecule has 0 aliphatic carbocycles. The molecule has 2 amide bonds. The van der Waals surface area contributed by atoms with Crippen molar-refractivity contribution < 1.29 is 14.7 Å². The molecule has 0 aromatic rings. The molecule has 2 fully saturated rings. The van der Waals surface area contributed by atoms with Crippen molar-refractivity contribution in [2.24, 2.45) is 17.8 Å². The fraction of sp³-hybridized carbons (Fsp3) is 0.867. The molecule has 0 aromatic heterocycles. The van der Waals surface area contributed by atoms with Crippen LogP contribution in [0.15, 0.2) is 0 Å². The summed E-state index contributed by atoms with van der Waals surface area (Å²) in [5, 5.41) is 8.73. The second-order valence-electron chi connectivity index (χ2n) is 6.57. The van der Waals surface area contributed by atoms with Crippen LogP contribution < -0.4 is 0 Å². The predicted octanol–water partition coefficient (Wildman–Crippen LogP) is 2.27. The van der Waals surface area contributed by atoms with Gasteiger partial charge in [0, 0.05) is 32.1 Å². The fourth-order valence-corrected chi connectivity index (χ4v) is 3.28. The van der Waals surface area contributed by atoms with Gasteiger partial charge in [-0.05, 0) is 31.1 Å². The van der Waals surface area contributed by atoms with E-state index in [1.165, 1.54) is 6.42 Å². The zero-order valence-corrected chi connectivity index (χ0v) is 12.5. The number of carboxylic acids is 1. The number of carbonyl (C=O) groups excluding carboxylic acids is 1. The molecule has 2 aliphatic heterocycles. The largest absolute Gasteiger partial charge is 0.481 e. The molecular weight excluding hydrogens is 256 g/mol. The Labute approximate surface area is 120 Å². The minimum Gasteiger partial charge on any atom is -0.481 e. The fourth-order valence-electron chi connectivity index (χ4n) is 3.28. The monoisotopic (exact) mass is 282 g/mol. The average Bonchev–Trinajstić information content (AvgIpc) is 2.57. The van der Waals surface area contributed by atoms with E-state index in [0.717, 1.165) is 31.8 Å². The molecular formula is C15H26N2O3. The maximum Gasteiger partial charge on any atom is 0.320 e. The molecule has 0 aromatic carbocycles. The molecule has 5 nitrogen and oxygen atoms in total. The molecule has 0 radical (unpaired) electrons. The van der Waals surface area contributed by atoms with Gasteiger partial charge in [0.15, 0.2) is 0 Å². The first-order valence-corrected chi connectivity index (χ1v) is 7.73. The standard InChI is InChI=1S/C15H26N2O3/c1-11(2)13-4-3-6-16(7-5-13)15(20)17-9-12(10-17)8-14(18)19/h11-13H,3-10H2,1-2H3,(H,18,19). The van der Waals surface area contributed by atoms with Crippen LogP contribution in [0.1, 0.15) is 39.5 Å². The quantitative estimate of drug-likeness (QED) is 0.863. The van der Waals surface area contributed by atoms with Crippen LogP contribution in [0.2, 0.25) is 0 Å². The number of hydrogen-bond donors (Lipinski definition) is 1. The number of urea groups is 1. The lowest BCUT2D eigenvalue weighted by molar-refractivity contribution is -0.139. The summed E-state index contributed by atoms with van der Waals surface area (Å²) in [7, 11) is 0. The van der Waals surface area contributed by atoms with Gasteiger partial charge in [0.1, 0.15) is 0 Å². The van der Waals surface area contributed by atoms with Crippen LogP contribution in [0, 0.1) is 17.8 Å². The third kappa shape index (κ3) is 3.64. The van der Waals surface area contributed by atoms with Crippen molar-refractivity contribution >= 4 is 12.0 Å². The summed E-state index contributed by atoms with van der Waals surface area (Å²) >= 11 is 0. The molecule has 1 atom stereocenters. The molecule has 1 unspecified atom stereocenters. The Bertz CT molecular complexity index is 364. The Balaban J connectivity index is 1.78. The van der Waals surface area contributed by atoms with Gasteiger partial charge in [-0.15, -0.1) is 0 Å². The summed E-state index contributed by atoms with van der Waals surface area (Å²) in [5.41, 5.74) is 0. The highest BCUT2D eigenvalue weighted by Crippen LogP contribution is 2.26. The highest BCUT2D eigenvalue weighted by molar-refractivity contribution is 5.76. The second kappa shape index (κ2) is 6.46. The topological polar surface area (TPSA) is 60.9 Å². The molecule has 2 saturated heterocycles. The Hall–Kier alpha value is -1.26. The number of carbonyl (C=O) groups is 2. The minimum atomic E-state index is -0.767. The molecule has 2 rings (SSSR count). The lowest BCUT2D eigenvalue weighted by Crippen LogP contribution is -2.55. The van der Waals surface area contributed by atoms with E-state index in [9.17, 15) is 9.59 Å². The maximum absolute atomic E-state index is 12.3. The molecule has 0 saturated carbocycles. The van der Waals surface area contributed by atoms with Gasteiger partial charge in [0.2, 0.25) is 0 Å². The highest BCUT2D eigenvalue weighted by Gasteiger charge is 2.35. The van der Waals surface area contributed by atoms with Crippen LogP contribution in [0.3, 0.4) is 0 Å². The summed E-state index contributed by atoms with van der Waals surface area (Å²) in [6.45, 7) is 7.43. The molecule has 5 heteroatoms. The number of likely N-dealkylation sites (tertiary alicyclic amines) is 2. The van der Waals surface area contributed by atoms with Crippen molar-refractivity contribution in [1.29, 1.82) is 0 Å². The molecule has 0 bridgehead atoms. The van der Waals surface area contributed by atoms with Gasteiger partial charge in [-0.2, -0.15) is 0 Å². The van der Waals surface area contributed by atoms with Gasteiger partial charge in [-0.3, -0.25) is 4.79 Å². The minimum absolute atomic E-state index is 0.107.